The molecule has 0 aliphatic carbocycles. The number of anilines is 1. The molecule has 1 aromatic carbocycles. The van der Waals surface area contributed by atoms with Crippen LogP contribution in [-0.2, 0) is 30.0 Å². The van der Waals surface area contributed by atoms with Crippen LogP contribution in [0.3, 0.4) is 0 Å². The van der Waals surface area contributed by atoms with Crippen molar-refractivity contribution in [3.8, 4) is 0 Å². The van der Waals surface area contributed by atoms with Crippen LogP contribution in [0.15, 0.2) is 29.3 Å². The smallest absolute Gasteiger partial charge is 0.262 e. The molecular formula is C14H20N4O2S. The average Bonchev–Trinajstić information content (AvgIpc) is 2.77. The number of rotatable bonds is 5. The molecule has 0 unspecified atom stereocenters. The van der Waals surface area contributed by atoms with Gasteiger partial charge in [-0.15, -0.1) is 0 Å². The van der Waals surface area contributed by atoms with E-state index in [0.717, 1.165) is 11.3 Å². The summed E-state index contributed by atoms with van der Waals surface area (Å²) in [6.45, 7) is 4.08. The molecule has 0 amide bonds. The van der Waals surface area contributed by atoms with Gasteiger partial charge in [-0.1, -0.05) is 19.1 Å². The van der Waals surface area contributed by atoms with Gasteiger partial charge in [0.1, 0.15) is 0 Å². The van der Waals surface area contributed by atoms with E-state index in [1.165, 1.54) is 0 Å². The lowest BCUT2D eigenvalue weighted by Crippen LogP contribution is -2.15. The normalized spacial score (nSPS) is 11.6. The van der Waals surface area contributed by atoms with Crippen molar-refractivity contribution in [1.82, 2.24) is 9.78 Å². The minimum atomic E-state index is -3.63. The summed E-state index contributed by atoms with van der Waals surface area (Å²) in [4.78, 5) is 0.255. The molecule has 2 aromatic rings. The molecule has 1 aromatic heterocycles. The maximum Gasteiger partial charge on any atom is 0.262 e. The van der Waals surface area contributed by atoms with Gasteiger partial charge in [-0.3, -0.25) is 9.40 Å². The number of benzene rings is 1. The van der Waals surface area contributed by atoms with Gasteiger partial charge in [0.25, 0.3) is 10.0 Å². The third-order valence-corrected chi connectivity index (χ3v) is 4.77. The molecule has 2 rings (SSSR count). The highest BCUT2D eigenvalue weighted by atomic mass is 32.2. The predicted molar refractivity (Wildman–Crippen MR) is 82.5 cm³/mol. The third-order valence-electron chi connectivity index (χ3n) is 3.25. The highest BCUT2D eigenvalue weighted by Crippen LogP contribution is 2.22. The van der Waals surface area contributed by atoms with Crippen molar-refractivity contribution in [2.24, 2.45) is 12.8 Å². The van der Waals surface area contributed by atoms with Gasteiger partial charge in [0, 0.05) is 19.8 Å². The molecule has 0 bridgehead atoms. The molecule has 3 N–H and O–H groups in total. The van der Waals surface area contributed by atoms with Crippen LogP contribution in [0, 0.1) is 6.92 Å². The second-order valence-electron chi connectivity index (χ2n) is 4.93. The molecule has 0 radical (unpaired) electrons. The van der Waals surface area contributed by atoms with Crippen molar-refractivity contribution in [3.05, 3.63) is 41.2 Å². The first-order valence-electron chi connectivity index (χ1n) is 6.72. The minimum absolute atomic E-state index is 0.255. The van der Waals surface area contributed by atoms with Crippen LogP contribution in [0.2, 0.25) is 0 Å². The number of nitrogens with two attached hydrogens (primary N) is 1. The van der Waals surface area contributed by atoms with Crippen LogP contribution in [0.1, 0.15) is 23.7 Å². The van der Waals surface area contributed by atoms with Crippen molar-refractivity contribution in [3.63, 3.8) is 0 Å². The quantitative estimate of drug-likeness (QED) is 0.877. The number of hydrogen-bond donors (Lipinski definition) is 2. The molecule has 0 aliphatic rings. The summed E-state index contributed by atoms with van der Waals surface area (Å²) in [5, 5.41) is 4.23. The zero-order chi connectivity index (χ0) is 15.6. The predicted octanol–water partition coefficient (Wildman–Crippen LogP) is 1.55. The van der Waals surface area contributed by atoms with Crippen LogP contribution >= 0.6 is 0 Å². The van der Waals surface area contributed by atoms with E-state index in [-0.39, 0.29) is 4.90 Å². The second-order valence-corrected chi connectivity index (χ2v) is 6.58. The zero-order valence-electron chi connectivity index (χ0n) is 12.4. The molecule has 1 heterocycles. The first kappa shape index (κ1) is 15.5. The molecular weight excluding hydrogens is 288 g/mol. The monoisotopic (exact) mass is 308 g/mol. The number of hydrogen-bond acceptors (Lipinski definition) is 4. The molecule has 21 heavy (non-hydrogen) atoms. The summed E-state index contributed by atoms with van der Waals surface area (Å²) >= 11 is 0. The summed E-state index contributed by atoms with van der Waals surface area (Å²) in [5.74, 6) is 0. The molecule has 0 aliphatic heterocycles. The Morgan fingerprint density at radius 1 is 1.38 bits per heavy atom. The van der Waals surface area contributed by atoms with Crippen LogP contribution in [0.4, 0.5) is 5.69 Å². The summed E-state index contributed by atoms with van der Waals surface area (Å²) in [7, 11) is -1.87. The molecule has 6 nitrogen and oxygen atoms in total. The van der Waals surface area contributed by atoms with Crippen molar-refractivity contribution in [2.75, 3.05) is 4.72 Å². The van der Waals surface area contributed by atoms with Gasteiger partial charge in [0.2, 0.25) is 0 Å². The Bertz CT molecular complexity index is 750. The lowest BCUT2D eigenvalue weighted by molar-refractivity contribution is 0.600. The molecule has 0 fully saturated rings. The van der Waals surface area contributed by atoms with Gasteiger partial charge in [-0.2, -0.15) is 5.10 Å². The van der Waals surface area contributed by atoms with E-state index in [4.69, 9.17) is 5.73 Å². The van der Waals surface area contributed by atoms with Crippen LogP contribution in [0.5, 0.6) is 0 Å². The summed E-state index contributed by atoms with van der Waals surface area (Å²) in [5.41, 5.74) is 8.38. The Labute approximate surface area is 125 Å². The first-order chi connectivity index (χ1) is 9.87. The number of nitrogens with one attached hydrogen (secondary N) is 1. The highest BCUT2D eigenvalue weighted by molar-refractivity contribution is 7.92. The van der Waals surface area contributed by atoms with Crippen molar-refractivity contribution < 1.29 is 8.42 Å². The Hall–Kier alpha value is -1.86. The number of aromatic nitrogens is 2. The molecule has 7 heteroatoms. The fourth-order valence-corrected chi connectivity index (χ4v) is 3.52. The van der Waals surface area contributed by atoms with Crippen molar-refractivity contribution in [2.45, 2.75) is 31.7 Å². The zero-order valence-corrected chi connectivity index (χ0v) is 13.2. The Balaban J connectivity index is 2.38. The Kier molecular flexibility index (Phi) is 4.34. The average molecular weight is 308 g/mol. The molecule has 0 saturated carbocycles. The van der Waals surface area contributed by atoms with E-state index >= 15 is 0 Å². The molecule has 114 valence electrons. The van der Waals surface area contributed by atoms with E-state index in [1.54, 1.807) is 43.0 Å². The van der Waals surface area contributed by atoms with E-state index in [9.17, 15) is 8.42 Å². The third kappa shape index (κ3) is 3.25. The van der Waals surface area contributed by atoms with Crippen LogP contribution < -0.4 is 10.5 Å². The fraction of sp³-hybridized carbons (Fsp3) is 0.357. The second kappa shape index (κ2) is 5.87. The van der Waals surface area contributed by atoms with E-state index < -0.39 is 10.0 Å². The summed E-state index contributed by atoms with van der Waals surface area (Å²) in [6.07, 6.45) is 2.32. The maximum atomic E-state index is 12.5. The van der Waals surface area contributed by atoms with Gasteiger partial charge in [-0.05, 0) is 30.5 Å². The lowest BCUT2D eigenvalue weighted by atomic mass is 10.1. The van der Waals surface area contributed by atoms with Crippen LogP contribution in [0.25, 0.3) is 0 Å². The Morgan fingerprint density at radius 3 is 2.67 bits per heavy atom. The van der Waals surface area contributed by atoms with Gasteiger partial charge in [-0.25, -0.2) is 8.42 Å². The summed E-state index contributed by atoms with van der Waals surface area (Å²) in [6, 6.07) is 5.10. The van der Waals surface area contributed by atoms with Gasteiger partial charge in [0.05, 0.1) is 16.3 Å². The first-order valence-corrected chi connectivity index (χ1v) is 8.20. The number of nitrogens with zero attached hydrogens (tertiary/aromatic N) is 2. The number of sulfonamides is 1. The van der Waals surface area contributed by atoms with Gasteiger partial charge < -0.3 is 5.73 Å². The lowest BCUT2D eigenvalue weighted by Gasteiger charge is -2.11. The molecule has 0 atom stereocenters. The summed E-state index contributed by atoms with van der Waals surface area (Å²) < 4.78 is 29.2. The topological polar surface area (TPSA) is 90.0 Å². The standard InChI is InChI=1S/C14H20N4O2S/c1-4-12-13(9-18(3)16-12)17-21(19,20)14-6-5-11(8-15)7-10(14)2/h5-7,9,17H,4,8,15H2,1-3H3. The van der Waals surface area contributed by atoms with Crippen molar-refractivity contribution in [1.29, 1.82) is 0 Å². The van der Waals surface area contributed by atoms with E-state index in [1.807, 2.05) is 6.92 Å². The molecule has 0 spiro atoms. The SMILES string of the molecule is CCc1nn(C)cc1NS(=O)(=O)c1ccc(CN)cc1C. The highest BCUT2D eigenvalue weighted by Gasteiger charge is 2.19. The fourth-order valence-electron chi connectivity index (χ4n) is 2.22. The largest absolute Gasteiger partial charge is 0.326 e. The minimum Gasteiger partial charge on any atom is -0.326 e. The van der Waals surface area contributed by atoms with E-state index in [2.05, 4.69) is 9.82 Å². The van der Waals surface area contributed by atoms with Crippen LogP contribution in [-0.4, -0.2) is 18.2 Å². The van der Waals surface area contributed by atoms with Gasteiger partial charge in [0.15, 0.2) is 0 Å². The Morgan fingerprint density at radius 2 is 2.10 bits per heavy atom. The van der Waals surface area contributed by atoms with E-state index in [0.29, 0.717) is 24.2 Å². The maximum absolute atomic E-state index is 12.5. The van der Waals surface area contributed by atoms with Crippen molar-refractivity contribution >= 4 is 15.7 Å². The molecule has 0 saturated heterocycles. The van der Waals surface area contributed by atoms with Gasteiger partial charge >= 0.3 is 0 Å². The number of aryl methyl sites for hydroxylation is 3.